The molecule has 0 saturated heterocycles. The van der Waals surface area contributed by atoms with Gasteiger partial charge in [0.1, 0.15) is 18.5 Å². The Morgan fingerprint density at radius 2 is 1.81 bits per heavy atom. The van der Waals surface area contributed by atoms with Crippen LogP contribution in [0.25, 0.3) is 0 Å². The van der Waals surface area contributed by atoms with E-state index < -0.39 is 16.1 Å². The molecule has 2 atom stereocenters. The van der Waals surface area contributed by atoms with E-state index in [1.54, 1.807) is 36.4 Å². The van der Waals surface area contributed by atoms with Crippen LogP contribution in [0.4, 0.5) is 0 Å². The normalized spacial score (nSPS) is 13.6. The molecule has 0 radical (unpaired) electrons. The van der Waals surface area contributed by atoms with E-state index in [0.717, 1.165) is 5.56 Å². The number of hydrogen-bond acceptors (Lipinski definition) is 6. The fourth-order valence-electron chi connectivity index (χ4n) is 2.25. The lowest BCUT2D eigenvalue weighted by atomic mass is 10.1. The highest BCUT2D eigenvalue weighted by atomic mass is 32.2. The molecular weight excluding hydrogens is 354 g/mol. The third-order valence-corrected chi connectivity index (χ3v) is 4.72. The van der Waals surface area contributed by atoms with Crippen molar-refractivity contribution in [1.29, 1.82) is 5.26 Å². The highest BCUT2D eigenvalue weighted by Gasteiger charge is 2.12. The number of nitrogens with zero attached hydrogens (tertiary/aromatic N) is 1. The van der Waals surface area contributed by atoms with E-state index in [-0.39, 0.29) is 17.5 Å². The molecule has 2 unspecified atom stereocenters. The van der Waals surface area contributed by atoms with Gasteiger partial charge in [0.25, 0.3) is 0 Å². The highest BCUT2D eigenvalue weighted by Crippen LogP contribution is 2.16. The summed E-state index contributed by atoms with van der Waals surface area (Å²) in [6.45, 7) is 2.31. The Hall–Kier alpha value is -2.44. The lowest BCUT2D eigenvalue weighted by Gasteiger charge is -2.18. The van der Waals surface area contributed by atoms with Crippen molar-refractivity contribution >= 4 is 10.0 Å². The second-order valence-electron chi connectivity index (χ2n) is 5.84. The summed E-state index contributed by atoms with van der Waals surface area (Å²) < 4.78 is 28.0. The van der Waals surface area contributed by atoms with Crippen molar-refractivity contribution < 1.29 is 18.3 Å². The van der Waals surface area contributed by atoms with Gasteiger partial charge in [0.15, 0.2) is 0 Å². The van der Waals surface area contributed by atoms with Crippen molar-refractivity contribution in [2.24, 2.45) is 5.14 Å². The molecule has 0 amide bonds. The molecular formula is C18H21N3O4S. The molecule has 0 aromatic heterocycles. The monoisotopic (exact) mass is 375 g/mol. The van der Waals surface area contributed by atoms with Gasteiger partial charge >= 0.3 is 0 Å². The first kappa shape index (κ1) is 19.9. The maximum atomic E-state index is 11.3. The predicted molar refractivity (Wildman–Crippen MR) is 96.9 cm³/mol. The number of hydrogen-bond donors (Lipinski definition) is 3. The van der Waals surface area contributed by atoms with Gasteiger partial charge in [-0.05, 0) is 48.9 Å². The lowest BCUT2D eigenvalue weighted by molar-refractivity contribution is 0.104. The Bertz CT molecular complexity index is 859. The van der Waals surface area contributed by atoms with E-state index in [2.05, 4.69) is 5.32 Å². The fourth-order valence-corrected chi connectivity index (χ4v) is 2.77. The van der Waals surface area contributed by atoms with Crippen LogP contribution in [-0.4, -0.2) is 32.8 Å². The summed E-state index contributed by atoms with van der Waals surface area (Å²) in [7, 11) is -3.70. The summed E-state index contributed by atoms with van der Waals surface area (Å²) in [6, 6.07) is 14.8. The number of nitrogens with one attached hydrogen (secondary N) is 1. The average molecular weight is 375 g/mol. The van der Waals surface area contributed by atoms with Crippen LogP contribution in [0.2, 0.25) is 0 Å². The Labute approximate surface area is 153 Å². The van der Waals surface area contributed by atoms with Gasteiger partial charge in [0, 0.05) is 12.6 Å². The minimum absolute atomic E-state index is 0.0595. The van der Waals surface area contributed by atoms with Crippen LogP contribution in [0.5, 0.6) is 5.75 Å². The second-order valence-corrected chi connectivity index (χ2v) is 7.41. The number of aliphatic hydroxyl groups is 1. The minimum Gasteiger partial charge on any atom is -0.491 e. The maximum Gasteiger partial charge on any atom is 0.238 e. The topological polar surface area (TPSA) is 125 Å². The van der Waals surface area contributed by atoms with Crippen LogP contribution in [-0.2, 0) is 10.0 Å². The molecule has 0 aliphatic rings. The largest absolute Gasteiger partial charge is 0.491 e. The van der Waals surface area contributed by atoms with Crippen molar-refractivity contribution in [2.45, 2.75) is 24.0 Å². The van der Waals surface area contributed by atoms with Gasteiger partial charge in [0.05, 0.1) is 16.5 Å². The Morgan fingerprint density at radius 3 is 2.35 bits per heavy atom. The second kappa shape index (κ2) is 8.78. The number of benzene rings is 2. The number of ether oxygens (including phenoxy) is 1. The third-order valence-electron chi connectivity index (χ3n) is 3.79. The van der Waals surface area contributed by atoms with Crippen LogP contribution in [0, 0.1) is 11.3 Å². The third kappa shape index (κ3) is 5.82. The van der Waals surface area contributed by atoms with Gasteiger partial charge in [-0.1, -0.05) is 12.1 Å². The average Bonchev–Trinajstić information content (AvgIpc) is 2.64. The lowest BCUT2D eigenvalue weighted by Crippen LogP contribution is -2.33. The Balaban J connectivity index is 1.80. The minimum atomic E-state index is -3.70. The number of primary sulfonamides is 1. The van der Waals surface area contributed by atoms with Crippen LogP contribution < -0.4 is 15.2 Å². The van der Waals surface area contributed by atoms with Gasteiger partial charge in [-0.3, -0.25) is 0 Å². The molecule has 26 heavy (non-hydrogen) atoms. The fraction of sp³-hybridized carbons (Fsp3) is 0.278. The summed E-state index contributed by atoms with van der Waals surface area (Å²) in [4.78, 5) is 0.0595. The summed E-state index contributed by atoms with van der Waals surface area (Å²) in [5.41, 5.74) is 1.42. The molecule has 0 aliphatic heterocycles. The molecule has 7 nitrogen and oxygen atoms in total. The molecule has 2 rings (SSSR count). The quantitative estimate of drug-likeness (QED) is 0.638. The molecule has 0 aliphatic carbocycles. The Kier molecular flexibility index (Phi) is 6.71. The van der Waals surface area contributed by atoms with Gasteiger partial charge in [-0.15, -0.1) is 0 Å². The molecule has 4 N–H and O–H groups in total. The zero-order valence-electron chi connectivity index (χ0n) is 14.3. The SMILES string of the molecule is CC(NCC(O)COc1ccc(C#N)cc1)c1ccc(S(N)(=O)=O)cc1. The van der Waals surface area contributed by atoms with E-state index in [9.17, 15) is 13.5 Å². The molecule has 0 fully saturated rings. The molecule has 0 saturated carbocycles. The molecule has 0 spiro atoms. The van der Waals surface area contributed by atoms with Crippen molar-refractivity contribution in [3.05, 3.63) is 59.7 Å². The first-order chi connectivity index (χ1) is 12.3. The molecule has 2 aromatic carbocycles. The van der Waals surface area contributed by atoms with Gasteiger partial charge in [0.2, 0.25) is 10.0 Å². The van der Waals surface area contributed by atoms with Gasteiger partial charge in [-0.2, -0.15) is 5.26 Å². The van der Waals surface area contributed by atoms with E-state index in [0.29, 0.717) is 17.9 Å². The number of rotatable bonds is 8. The van der Waals surface area contributed by atoms with Gasteiger partial charge < -0.3 is 15.2 Å². The van der Waals surface area contributed by atoms with Crippen molar-refractivity contribution in [3.63, 3.8) is 0 Å². The van der Waals surface area contributed by atoms with Crippen LogP contribution in [0.1, 0.15) is 24.1 Å². The van der Waals surface area contributed by atoms with Crippen molar-refractivity contribution in [1.82, 2.24) is 5.32 Å². The molecule has 0 heterocycles. The van der Waals surface area contributed by atoms with Gasteiger partial charge in [-0.25, -0.2) is 13.6 Å². The first-order valence-corrected chi connectivity index (χ1v) is 9.51. The number of nitrogens with two attached hydrogens (primary N) is 1. The van der Waals surface area contributed by atoms with E-state index in [4.69, 9.17) is 15.1 Å². The van der Waals surface area contributed by atoms with E-state index >= 15 is 0 Å². The zero-order valence-corrected chi connectivity index (χ0v) is 15.1. The van der Waals surface area contributed by atoms with Crippen molar-refractivity contribution in [3.8, 4) is 11.8 Å². The van der Waals surface area contributed by atoms with Crippen LogP contribution in [0.3, 0.4) is 0 Å². The smallest absolute Gasteiger partial charge is 0.238 e. The first-order valence-electron chi connectivity index (χ1n) is 7.97. The number of nitriles is 1. The summed E-state index contributed by atoms with van der Waals surface area (Å²) >= 11 is 0. The predicted octanol–water partition coefficient (Wildman–Crippen LogP) is 1.30. The molecule has 138 valence electrons. The highest BCUT2D eigenvalue weighted by molar-refractivity contribution is 7.89. The molecule has 0 bridgehead atoms. The number of sulfonamides is 1. The van der Waals surface area contributed by atoms with E-state index in [1.165, 1.54) is 12.1 Å². The van der Waals surface area contributed by atoms with Crippen LogP contribution in [0.15, 0.2) is 53.4 Å². The summed E-state index contributed by atoms with van der Waals surface area (Å²) in [6.07, 6.45) is -0.725. The summed E-state index contributed by atoms with van der Waals surface area (Å²) in [5.74, 6) is 0.578. The molecule has 8 heteroatoms. The number of aliphatic hydroxyl groups excluding tert-OH is 1. The van der Waals surface area contributed by atoms with Crippen molar-refractivity contribution in [2.75, 3.05) is 13.2 Å². The van der Waals surface area contributed by atoms with E-state index in [1.807, 2.05) is 13.0 Å². The standard InChI is InChI=1S/C18H21N3O4S/c1-13(15-4-8-18(9-5-15)26(20,23)24)21-11-16(22)12-25-17-6-2-14(10-19)3-7-17/h2-9,13,16,21-22H,11-12H2,1H3,(H2,20,23,24). The summed E-state index contributed by atoms with van der Waals surface area (Å²) in [5, 5.41) is 27.0. The maximum absolute atomic E-state index is 11.3. The zero-order chi connectivity index (χ0) is 19.2. The Morgan fingerprint density at radius 1 is 1.19 bits per heavy atom. The van der Waals surface area contributed by atoms with Crippen LogP contribution >= 0.6 is 0 Å². The molecule has 2 aromatic rings.